The third-order valence-electron chi connectivity index (χ3n) is 3.32. The molecule has 0 saturated carbocycles. The quantitative estimate of drug-likeness (QED) is 0.680. The van der Waals surface area contributed by atoms with E-state index in [1.165, 1.54) is 37.7 Å². The molecule has 1 atom stereocenters. The molecule has 1 rings (SSSR count). The lowest BCUT2D eigenvalue weighted by Crippen LogP contribution is -2.30. The number of benzene rings is 1. The molecule has 0 fully saturated rings. The highest BCUT2D eigenvalue weighted by molar-refractivity contribution is 5.94. The first-order valence-electron chi connectivity index (χ1n) is 7.68. The molecule has 0 aliphatic rings. The average Bonchev–Trinajstić information content (AvgIpc) is 2.45. The van der Waals surface area contributed by atoms with Crippen molar-refractivity contribution in [2.75, 3.05) is 6.54 Å². The molecule has 0 radical (unpaired) electrons. The highest BCUT2D eigenvalue weighted by Crippen LogP contribution is 2.11. The molecule has 0 heterocycles. The van der Waals surface area contributed by atoms with E-state index in [1.54, 1.807) is 6.92 Å². The smallest absolute Gasteiger partial charge is 0.251 e. The number of nitrogens with one attached hydrogen (secondary N) is 1. The topological polar surface area (TPSA) is 49.3 Å². The summed E-state index contributed by atoms with van der Waals surface area (Å²) >= 11 is 0. The van der Waals surface area contributed by atoms with E-state index in [-0.39, 0.29) is 5.91 Å². The van der Waals surface area contributed by atoms with Crippen LogP contribution in [0.15, 0.2) is 24.3 Å². The molecule has 0 aliphatic heterocycles. The molecule has 3 heteroatoms. The van der Waals surface area contributed by atoms with Crippen LogP contribution in [0.3, 0.4) is 0 Å². The minimum absolute atomic E-state index is 0.112. The van der Waals surface area contributed by atoms with Crippen molar-refractivity contribution in [3.8, 4) is 0 Å². The van der Waals surface area contributed by atoms with Crippen molar-refractivity contribution in [3.63, 3.8) is 0 Å². The number of rotatable bonds is 9. The van der Waals surface area contributed by atoms with Gasteiger partial charge in [0.2, 0.25) is 0 Å². The predicted octanol–water partition coefficient (Wildman–Crippen LogP) is 3.31. The number of hydrogen-bond donors (Lipinski definition) is 2. The first-order chi connectivity index (χ1) is 9.63. The van der Waals surface area contributed by atoms with Crippen LogP contribution < -0.4 is 5.32 Å². The van der Waals surface area contributed by atoms with Gasteiger partial charge in [0.05, 0.1) is 6.10 Å². The van der Waals surface area contributed by atoms with Gasteiger partial charge < -0.3 is 10.4 Å². The van der Waals surface area contributed by atoms with E-state index < -0.39 is 6.10 Å². The Morgan fingerprint density at radius 1 is 1.25 bits per heavy atom. The summed E-state index contributed by atoms with van der Waals surface area (Å²) in [4.78, 5) is 11.9. The second-order valence-corrected chi connectivity index (χ2v) is 5.42. The van der Waals surface area contributed by atoms with Gasteiger partial charge in [-0.05, 0) is 37.5 Å². The fourth-order valence-corrected chi connectivity index (χ4v) is 2.14. The van der Waals surface area contributed by atoms with Crippen LogP contribution in [0.1, 0.15) is 61.9 Å². The minimum atomic E-state index is -0.513. The van der Waals surface area contributed by atoms with Gasteiger partial charge in [-0.1, -0.05) is 44.7 Å². The Hall–Kier alpha value is -1.35. The highest BCUT2D eigenvalue weighted by atomic mass is 16.3. The molecule has 1 aromatic carbocycles. The molecule has 0 bridgehead atoms. The van der Waals surface area contributed by atoms with E-state index in [9.17, 15) is 9.90 Å². The highest BCUT2D eigenvalue weighted by Gasteiger charge is 2.06. The summed E-state index contributed by atoms with van der Waals surface area (Å²) in [6.45, 7) is 4.17. The van der Waals surface area contributed by atoms with Crippen LogP contribution in [0.2, 0.25) is 0 Å². The molecule has 3 nitrogen and oxygen atoms in total. The lowest BCUT2D eigenvalue weighted by atomic mass is 10.0. The van der Waals surface area contributed by atoms with Gasteiger partial charge >= 0.3 is 0 Å². The zero-order chi connectivity index (χ0) is 14.8. The summed E-state index contributed by atoms with van der Waals surface area (Å²) < 4.78 is 0. The molecule has 2 N–H and O–H groups in total. The Bertz CT molecular complexity index is 402. The average molecular weight is 277 g/mol. The second kappa shape index (κ2) is 9.54. The van der Waals surface area contributed by atoms with Crippen LogP contribution in [0.5, 0.6) is 0 Å². The molecule has 0 aromatic heterocycles. The summed E-state index contributed by atoms with van der Waals surface area (Å²) in [6.07, 6.45) is 6.82. The van der Waals surface area contributed by atoms with E-state index in [0.717, 1.165) is 6.42 Å². The third kappa shape index (κ3) is 6.71. The summed E-state index contributed by atoms with van der Waals surface area (Å²) in [5, 5.41) is 11.9. The molecule has 0 spiro atoms. The van der Waals surface area contributed by atoms with Gasteiger partial charge in [0.1, 0.15) is 0 Å². The summed E-state index contributed by atoms with van der Waals surface area (Å²) in [5.74, 6) is -0.112. The van der Waals surface area contributed by atoms with Crippen LogP contribution in [0, 0.1) is 0 Å². The first-order valence-corrected chi connectivity index (χ1v) is 7.68. The van der Waals surface area contributed by atoms with Crippen LogP contribution in [0.4, 0.5) is 0 Å². The van der Waals surface area contributed by atoms with Gasteiger partial charge in [0.15, 0.2) is 0 Å². The molecule has 1 amide bonds. The Morgan fingerprint density at radius 3 is 2.70 bits per heavy atom. The van der Waals surface area contributed by atoms with E-state index in [4.69, 9.17) is 0 Å². The molecule has 0 saturated heterocycles. The number of carbonyl (C=O) groups excluding carboxylic acids is 1. The zero-order valence-electron chi connectivity index (χ0n) is 12.7. The van der Waals surface area contributed by atoms with Crippen LogP contribution in [-0.4, -0.2) is 23.7 Å². The number of amides is 1. The first kappa shape index (κ1) is 16.7. The maximum atomic E-state index is 11.9. The summed E-state index contributed by atoms with van der Waals surface area (Å²) in [5.41, 5.74) is 1.89. The Kier molecular flexibility index (Phi) is 7.97. The third-order valence-corrected chi connectivity index (χ3v) is 3.32. The largest absolute Gasteiger partial charge is 0.392 e. The van der Waals surface area contributed by atoms with E-state index >= 15 is 0 Å². The number of unbranched alkanes of at least 4 members (excludes halogenated alkanes) is 4. The van der Waals surface area contributed by atoms with Crippen molar-refractivity contribution in [2.45, 2.75) is 58.5 Å². The maximum Gasteiger partial charge on any atom is 0.251 e. The van der Waals surface area contributed by atoms with Gasteiger partial charge in [-0.3, -0.25) is 4.79 Å². The Labute approximate surface area is 122 Å². The van der Waals surface area contributed by atoms with Gasteiger partial charge in [0, 0.05) is 12.1 Å². The fourth-order valence-electron chi connectivity index (χ4n) is 2.14. The van der Waals surface area contributed by atoms with Gasteiger partial charge in [-0.15, -0.1) is 0 Å². The second-order valence-electron chi connectivity index (χ2n) is 5.42. The number of hydrogen-bond acceptors (Lipinski definition) is 2. The van der Waals surface area contributed by atoms with Crippen LogP contribution in [0.25, 0.3) is 0 Å². The number of aliphatic hydroxyl groups excluding tert-OH is 1. The van der Waals surface area contributed by atoms with Crippen molar-refractivity contribution in [2.24, 2.45) is 0 Å². The number of aliphatic hydroxyl groups is 1. The van der Waals surface area contributed by atoms with Crippen molar-refractivity contribution < 1.29 is 9.90 Å². The number of aryl methyl sites for hydroxylation is 1. The minimum Gasteiger partial charge on any atom is -0.392 e. The molecule has 112 valence electrons. The number of carbonyl (C=O) groups is 1. The standard InChI is InChI=1S/C17H27NO2/c1-3-4-5-6-7-9-15-10-8-11-16(12-15)17(20)18-13-14(2)19/h8,10-12,14,19H,3-7,9,13H2,1-2H3,(H,18,20). The van der Waals surface area contributed by atoms with Gasteiger partial charge in [-0.25, -0.2) is 0 Å². The van der Waals surface area contributed by atoms with E-state index in [1.807, 2.05) is 18.2 Å². The lowest BCUT2D eigenvalue weighted by Gasteiger charge is -2.08. The summed E-state index contributed by atoms with van der Waals surface area (Å²) in [6, 6.07) is 7.78. The molecular weight excluding hydrogens is 250 g/mol. The Morgan fingerprint density at radius 2 is 2.00 bits per heavy atom. The molecule has 1 unspecified atom stereocenters. The van der Waals surface area contributed by atoms with Crippen molar-refractivity contribution >= 4 is 5.91 Å². The fraction of sp³-hybridized carbons (Fsp3) is 0.588. The summed E-state index contributed by atoms with van der Waals surface area (Å²) in [7, 11) is 0. The van der Waals surface area contributed by atoms with Gasteiger partial charge in [-0.2, -0.15) is 0 Å². The SMILES string of the molecule is CCCCCCCc1cccc(C(=O)NCC(C)O)c1. The van der Waals surface area contributed by atoms with Crippen molar-refractivity contribution in [3.05, 3.63) is 35.4 Å². The van der Waals surface area contributed by atoms with E-state index in [0.29, 0.717) is 12.1 Å². The van der Waals surface area contributed by atoms with Crippen LogP contribution >= 0.6 is 0 Å². The molecule has 0 aliphatic carbocycles. The van der Waals surface area contributed by atoms with Crippen LogP contribution in [-0.2, 0) is 6.42 Å². The monoisotopic (exact) mass is 277 g/mol. The van der Waals surface area contributed by atoms with Crippen molar-refractivity contribution in [1.82, 2.24) is 5.32 Å². The molecular formula is C17H27NO2. The molecule has 1 aromatic rings. The Balaban J connectivity index is 2.42. The normalized spacial score (nSPS) is 12.2. The lowest BCUT2D eigenvalue weighted by molar-refractivity contribution is 0.0924. The van der Waals surface area contributed by atoms with Gasteiger partial charge in [0.25, 0.3) is 5.91 Å². The van der Waals surface area contributed by atoms with E-state index in [2.05, 4.69) is 18.3 Å². The zero-order valence-corrected chi connectivity index (χ0v) is 12.7. The molecule has 20 heavy (non-hydrogen) atoms. The predicted molar refractivity (Wildman–Crippen MR) is 82.9 cm³/mol. The maximum absolute atomic E-state index is 11.9. The van der Waals surface area contributed by atoms with Crippen molar-refractivity contribution in [1.29, 1.82) is 0 Å².